The Morgan fingerprint density at radius 3 is 0.560 bits per heavy atom. The first-order chi connectivity index (χ1) is 11.4. The second-order valence-electron chi connectivity index (χ2n) is 4.19. The van der Waals surface area contributed by atoms with Gasteiger partial charge in [0.2, 0.25) is 0 Å². The van der Waals surface area contributed by atoms with E-state index in [1.54, 1.807) is 0 Å². The topological polar surface area (TPSA) is 42.4 Å². The number of H-pyrrole nitrogens is 3. The largest absolute Gasteiger partial charge is 0.218 e. The number of nitrogens with one attached hydrogen (secondary N) is 3. The van der Waals surface area contributed by atoms with E-state index in [2.05, 4.69) is 15.0 Å². The molecule has 0 aliphatic rings. The summed E-state index contributed by atoms with van der Waals surface area (Å²) in [5.41, 5.74) is 0. The van der Waals surface area contributed by atoms with Crippen molar-refractivity contribution >= 4 is 59.1 Å². The van der Waals surface area contributed by atoms with Crippen LogP contribution in [0.2, 0.25) is 0 Å². The van der Waals surface area contributed by atoms with Gasteiger partial charge in [-0.3, -0.25) is 0 Å². The van der Waals surface area contributed by atoms with Gasteiger partial charge in [-0.15, -0.1) is 0 Å². The smallest absolute Gasteiger partial charge is 0.166 e. The van der Waals surface area contributed by atoms with Gasteiger partial charge in [-0.05, 0) is 0 Å². The van der Waals surface area contributed by atoms with Crippen molar-refractivity contribution in [1.82, 2.24) is 0 Å². The molecule has 3 aromatic heterocycles. The molecule has 10 heteroatoms. The summed E-state index contributed by atoms with van der Waals surface area (Å²) in [6, 6.07) is 12.3. The van der Waals surface area contributed by atoms with Crippen molar-refractivity contribution in [3.8, 4) is 0 Å². The molecule has 0 saturated carbocycles. The summed E-state index contributed by atoms with van der Waals surface area (Å²) >= 11 is 0. The Balaban J connectivity index is 0.000000307. The van der Waals surface area contributed by atoms with Gasteiger partial charge in [0.1, 0.15) is 0 Å². The van der Waals surface area contributed by atoms with Crippen LogP contribution < -0.4 is 15.0 Å². The van der Waals surface area contributed by atoms with Crippen molar-refractivity contribution in [2.24, 2.45) is 0 Å². The van der Waals surface area contributed by atoms with E-state index in [0.29, 0.717) is 0 Å². The molecule has 0 radical (unpaired) electrons. The third-order valence-electron chi connectivity index (χ3n) is 1.82. The third-order valence-corrected chi connectivity index (χ3v) is 1.82. The predicted octanol–water partition coefficient (Wildman–Crippen LogP) is 5.64. The van der Waals surface area contributed by atoms with Gasteiger partial charge in [-0.1, -0.05) is 18.2 Å². The molecule has 3 aromatic rings. The van der Waals surface area contributed by atoms with E-state index in [-0.39, 0.29) is 0 Å². The standard InChI is InChI=1S/3C5H5N.6ClH.V/c3*1-2-4-6-5-3-1;;;;;;;/h3*1-5H;6*1H;/q;;;;;;;;;+3/p-3. The second-order valence-corrected chi connectivity index (χ2v) is 38.8. The minimum atomic E-state index is -5.23. The monoisotopic (exact) mass is 501 g/mol. The molecule has 3 N–H and O–H groups in total. The minimum absolute atomic E-state index is 1.88. The van der Waals surface area contributed by atoms with E-state index >= 15 is 0 Å². The molecule has 0 atom stereocenters. The van der Waals surface area contributed by atoms with Gasteiger partial charge in [-0.25, -0.2) is 15.0 Å². The van der Waals surface area contributed by atoms with Crippen molar-refractivity contribution in [2.45, 2.75) is 0 Å². The first-order valence-electron chi connectivity index (χ1n) is 6.75. The molecular weight excluding hydrogens is 486 g/mol. The Kier molecular flexibility index (Phi) is 11.4. The number of rotatable bonds is 0. The quantitative estimate of drug-likeness (QED) is 0.381. The molecule has 25 heavy (non-hydrogen) atoms. The summed E-state index contributed by atoms with van der Waals surface area (Å²) in [6.07, 6.45) is 11.2. The summed E-state index contributed by atoms with van der Waals surface area (Å²) in [5, 5.41) is 0. The van der Waals surface area contributed by atoms with Crippen LogP contribution in [0.4, 0.5) is 0 Å². The molecule has 3 heterocycles. The fourth-order valence-corrected chi connectivity index (χ4v) is 1.03. The first kappa shape index (κ1) is 24.8. The molecule has 0 aliphatic carbocycles. The Hall–Kier alpha value is -0.226. The van der Waals surface area contributed by atoms with Crippen molar-refractivity contribution in [2.75, 3.05) is 0 Å². The zero-order valence-corrected chi connectivity index (χ0v) is 18.8. The zero-order chi connectivity index (χ0) is 19.1. The molecule has 0 spiro atoms. The zero-order valence-electron chi connectivity index (χ0n) is 12.9. The van der Waals surface area contributed by atoms with Gasteiger partial charge < -0.3 is 0 Å². The SMILES string of the molecule is [Cl][V-3]([Cl])([Cl])([Cl])([Cl])[Cl].c1cc[nH+]cc1.c1cc[nH+]cc1.c1cc[nH+]cc1. The van der Waals surface area contributed by atoms with Gasteiger partial charge in [0.05, 0.1) is 0 Å². The second kappa shape index (κ2) is 11.5. The minimum Gasteiger partial charge on any atom is -0.218 e. The van der Waals surface area contributed by atoms with Gasteiger partial charge in [-0.2, -0.15) is 0 Å². The summed E-state index contributed by atoms with van der Waals surface area (Å²) in [4.78, 5) is 8.68. The molecule has 0 aliphatic heterocycles. The fourth-order valence-electron chi connectivity index (χ4n) is 1.03. The maximum Gasteiger partial charge on any atom is 0.166 e. The van der Waals surface area contributed by atoms with Crippen LogP contribution in [0.1, 0.15) is 0 Å². The van der Waals surface area contributed by atoms with E-state index in [1.807, 2.05) is 91.8 Å². The van der Waals surface area contributed by atoms with Crippen molar-refractivity contribution in [3.05, 3.63) is 91.8 Å². The number of halogens is 6. The summed E-state index contributed by atoms with van der Waals surface area (Å²) in [7, 11) is 30.3. The van der Waals surface area contributed by atoms with E-state index in [0.717, 1.165) is 0 Å². The molecule has 0 aromatic carbocycles. The van der Waals surface area contributed by atoms with Crippen LogP contribution in [-0.4, -0.2) is 0 Å². The Morgan fingerprint density at radius 2 is 0.520 bits per heavy atom. The van der Waals surface area contributed by atoms with Crippen LogP contribution >= 0.6 is 59.1 Å². The summed E-state index contributed by atoms with van der Waals surface area (Å²) in [6.45, 7) is 0. The van der Waals surface area contributed by atoms with E-state index in [1.165, 1.54) is 0 Å². The maximum absolute atomic E-state index is 5.23. The molecule has 0 unspecified atom stereocenters. The van der Waals surface area contributed by atoms with E-state index in [4.69, 9.17) is 59.1 Å². The van der Waals surface area contributed by atoms with Crippen LogP contribution in [0.3, 0.4) is 0 Å². The molecule has 0 amide bonds. The number of pyridine rings is 3. The number of aromatic nitrogens is 3. The van der Waals surface area contributed by atoms with Crippen molar-refractivity contribution in [1.29, 1.82) is 0 Å². The van der Waals surface area contributed by atoms with Crippen molar-refractivity contribution < 1.29 is 21.0 Å². The maximum atomic E-state index is 5.05. The fraction of sp³-hybridized carbons (Fsp3) is 0. The summed E-state index contributed by atoms with van der Waals surface area (Å²) < 4.78 is 0. The molecule has 0 saturated heterocycles. The van der Waals surface area contributed by atoms with Crippen LogP contribution in [0.25, 0.3) is 0 Å². The molecule has 3 rings (SSSR count). The van der Waals surface area contributed by atoms with Crippen molar-refractivity contribution in [3.63, 3.8) is 0 Å². The van der Waals surface area contributed by atoms with Crippen LogP contribution in [-0.2, 0) is 6.01 Å². The Morgan fingerprint density at radius 1 is 0.360 bits per heavy atom. The Labute approximate surface area is 170 Å². The normalized spacial score (nSPS) is 12.2. The molecular formula is C15H18Cl6N3V. The van der Waals surface area contributed by atoms with E-state index < -0.39 is 6.01 Å². The average Bonchev–Trinajstić information content (AvgIpc) is 2.58. The summed E-state index contributed by atoms with van der Waals surface area (Å²) in [5.74, 6) is 0. The van der Waals surface area contributed by atoms with E-state index in [9.17, 15) is 0 Å². The average molecular weight is 504 g/mol. The number of hydrogen-bond acceptors (Lipinski definition) is 0. The number of hydrogen-bond donors (Lipinski definition) is 0. The molecule has 0 bridgehead atoms. The van der Waals surface area contributed by atoms with Crippen LogP contribution in [0.15, 0.2) is 91.8 Å². The van der Waals surface area contributed by atoms with Gasteiger partial charge >= 0.3 is 65.1 Å². The third kappa shape index (κ3) is 35.7. The Bertz CT molecular complexity index is 486. The van der Waals surface area contributed by atoms with Gasteiger partial charge in [0.15, 0.2) is 37.2 Å². The van der Waals surface area contributed by atoms with Gasteiger partial charge in [0.25, 0.3) is 0 Å². The van der Waals surface area contributed by atoms with Gasteiger partial charge in [0, 0.05) is 36.4 Å². The van der Waals surface area contributed by atoms with Crippen LogP contribution in [0, 0.1) is 0 Å². The molecule has 140 valence electrons. The number of aromatic amines is 3. The predicted molar refractivity (Wildman–Crippen MR) is 104 cm³/mol. The molecule has 3 nitrogen and oxygen atoms in total. The molecule has 0 fully saturated rings. The van der Waals surface area contributed by atoms with Crippen LogP contribution in [0.5, 0.6) is 0 Å². The first-order valence-corrected chi connectivity index (χ1v) is 18.3.